The highest BCUT2D eigenvalue weighted by atomic mass is 31.1. The van der Waals surface area contributed by atoms with Crippen LogP contribution in [0.15, 0.2) is 11.1 Å². The van der Waals surface area contributed by atoms with Crippen LogP contribution in [0, 0.1) is 5.92 Å². The summed E-state index contributed by atoms with van der Waals surface area (Å²) in [7, 11) is -3.26. The summed E-state index contributed by atoms with van der Waals surface area (Å²) in [5.41, 5.74) is -0.459. The molecule has 1 aliphatic heterocycles. The average molecular weight is 401 g/mol. The molecule has 27 heavy (non-hydrogen) atoms. The quantitative estimate of drug-likeness (QED) is 0.477. The number of hydrogen-bond acceptors (Lipinski definition) is 8. The van der Waals surface area contributed by atoms with Crippen molar-refractivity contribution < 1.29 is 28.6 Å². The van der Waals surface area contributed by atoms with E-state index >= 15 is 0 Å². The standard InChI is InChI=1S/C14H20N5O7P/c1-6(2)11(21)17-14-16-10-9(12(22)18-14)15-5-19(10)13-8(26-27(23)24)3-7(4-20)25-13/h5-8,13,20,27H,3-4H2,1-2H3,(H,23,24)(H2,16,17,18,21,22)/t7-,8?,13+/m0/s1. The zero-order chi connectivity index (χ0) is 19.7. The summed E-state index contributed by atoms with van der Waals surface area (Å²) in [6.07, 6.45) is -0.906. The van der Waals surface area contributed by atoms with Crippen molar-refractivity contribution in [2.24, 2.45) is 5.92 Å². The highest BCUT2D eigenvalue weighted by Gasteiger charge is 2.39. The van der Waals surface area contributed by atoms with Crippen LogP contribution in [0.3, 0.4) is 0 Å². The number of nitrogens with one attached hydrogen (secondary N) is 2. The molecule has 13 heteroatoms. The summed E-state index contributed by atoms with van der Waals surface area (Å²) in [5.74, 6) is -0.710. The van der Waals surface area contributed by atoms with Gasteiger partial charge in [0, 0.05) is 12.3 Å². The number of nitrogens with zero attached hydrogens (tertiary/aromatic N) is 3. The number of imidazole rings is 1. The van der Waals surface area contributed by atoms with E-state index in [-0.39, 0.29) is 42.0 Å². The SMILES string of the molecule is CC(C)C(=O)Nc1nc2c(ncn2[C@@H]2O[C@H](CO)CC2O[PH](=O)O)c(=O)[nH]1. The number of carbonyl (C=O) groups is 1. The number of aromatic amines is 1. The van der Waals surface area contributed by atoms with Crippen LogP contribution in [0.2, 0.25) is 0 Å². The molecule has 1 aliphatic rings. The van der Waals surface area contributed by atoms with Gasteiger partial charge in [0.2, 0.25) is 11.9 Å². The van der Waals surface area contributed by atoms with Gasteiger partial charge >= 0.3 is 8.25 Å². The van der Waals surface area contributed by atoms with Crippen molar-refractivity contribution in [1.29, 1.82) is 0 Å². The highest BCUT2D eigenvalue weighted by molar-refractivity contribution is 7.32. The molecular weight excluding hydrogens is 381 g/mol. The number of hydrogen-bond donors (Lipinski definition) is 4. The summed E-state index contributed by atoms with van der Waals surface area (Å²) < 4.78 is 23.2. The van der Waals surface area contributed by atoms with E-state index in [0.29, 0.717) is 0 Å². The molecule has 2 aromatic rings. The summed E-state index contributed by atoms with van der Waals surface area (Å²) in [5, 5.41) is 11.8. The molecule has 3 heterocycles. The molecular formula is C14H20N5O7P. The lowest BCUT2D eigenvalue weighted by atomic mass is 10.2. The molecule has 2 unspecified atom stereocenters. The molecule has 0 aromatic carbocycles. The molecule has 1 amide bonds. The summed E-state index contributed by atoms with van der Waals surface area (Å²) in [6, 6.07) is 0. The Hall–Kier alpha value is -2.11. The largest absolute Gasteiger partial charge is 0.394 e. The lowest BCUT2D eigenvalue weighted by Crippen LogP contribution is -2.24. The Balaban J connectivity index is 2.01. The van der Waals surface area contributed by atoms with E-state index in [1.165, 1.54) is 10.9 Å². The molecule has 12 nitrogen and oxygen atoms in total. The van der Waals surface area contributed by atoms with Gasteiger partial charge in [-0.3, -0.25) is 29.0 Å². The van der Waals surface area contributed by atoms with Crippen LogP contribution in [0.5, 0.6) is 0 Å². The maximum Gasteiger partial charge on any atom is 0.317 e. The third-order valence-corrected chi connectivity index (χ3v) is 4.58. The van der Waals surface area contributed by atoms with Crippen LogP contribution in [0.25, 0.3) is 11.2 Å². The van der Waals surface area contributed by atoms with Gasteiger partial charge in [-0.05, 0) is 0 Å². The van der Waals surface area contributed by atoms with E-state index in [2.05, 4.69) is 20.3 Å². The van der Waals surface area contributed by atoms with Crippen LogP contribution in [0.1, 0.15) is 26.5 Å². The van der Waals surface area contributed by atoms with Crippen LogP contribution < -0.4 is 10.9 Å². The Labute approximate surface area is 153 Å². The molecule has 0 aliphatic carbocycles. The van der Waals surface area contributed by atoms with Crippen molar-refractivity contribution >= 4 is 31.3 Å². The number of carbonyl (C=O) groups excluding carboxylic acids is 1. The fourth-order valence-electron chi connectivity index (χ4n) is 2.75. The molecule has 0 spiro atoms. The molecule has 0 radical (unpaired) electrons. The first kappa shape index (κ1) is 19.6. The van der Waals surface area contributed by atoms with Crippen molar-refractivity contribution in [3.05, 3.63) is 16.7 Å². The lowest BCUT2D eigenvalue weighted by Gasteiger charge is -2.19. The van der Waals surface area contributed by atoms with Crippen LogP contribution in [0.4, 0.5) is 5.95 Å². The first-order chi connectivity index (χ1) is 12.8. The number of amides is 1. The van der Waals surface area contributed by atoms with Gasteiger partial charge in [-0.15, -0.1) is 0 Å². The molecule has 2 aromatic heterocycles. The molecule has 4 N–H and O–H groups in total. The predicted molar refractivity (Wildman–Crippen MR) is 93.3 cm³/mol. The van der Waals surface area contributed by atoms with Gasteiger partial charge in [0.1, 0.15) is 6.10 Å². The molecule has 148 valence electrons. The van der Waals surface area contributed by atoms with E-state index in [0.717, 1.165) is 0 Å². The van der Waals surface area contributed by atoms with Gasteiger partial charge in [0.15, 0.2) is 17.4 Å². The zero-order valence-electron chi connectivity index (χ0n) is 14.6. The molecule has 1 saturated heterocycles. The van der Waals surface area contributed by atoms with Gasteiger partial charge in [-0.2, -0.15) is 4.98 Å². The van der Waals surface area contributed by atoms with Crippen molar-refractivity contribution in [1.82, 2.24) is 19.5 Å². The van der Waals surface area contributed by atoms with Crippen molar-refractivity contribution in [3.63, 3.8) is 0 Å². The number of aliphatic hydroxyl groups is 1. The average Bonchev–Trinajstić information content (AvgIpc) is 3.18. The summed E-state index contributed by atoms with van der Waals surface area (Å²) in [4.78, 5) is 43.8. The number of aromatic nitrogens is 4. The first-order valence-corrected chi connectivity index (χ1v) is 9.50. The minimum atomic E-state index is -3.26. The number of H-pyrrole nitrogens is 1. The fourth-order valence-corrected chi connectivity index (χ4v) is 3.22. The third kappa shape index (κ3) is 4.09. The van der Waals surface area contributed by atoms with Crippen LogP contribution in [-0.4, -0.2) is 54.2 Å². The molecule has 3 rings (SSSR count). The summed E-state index contributed by atoms with van der Waals surface area (Å²) >= 11 is 0. The van der Waals surface area contributed by atoms with Crippen LogP contribution >= 0.6 is 8.25 Å². The maximum atomic E-state index is 12.2. The van der Waals surface area contributed by atoms with Gasteiger partial charge in [-0.25, -0.2) is 4.98 Å². The number of fused-ring (bicyclic) bond motifs is 1. The highest BCUT2D eigenvalue weighted by Crippen LogP contribution is 2.37. The Morgan fingerprint density at radius 3 is 2.96 bits per heavy atom. The zero-order valence-corrected chi connectivity index (χ0v) is 15.6. The Bertz CT molecular complexity index is 926. The Morgan fingerprint density at radius 1 is 1.59 bits per heavy atom. The minimum absolute atomic E-state index is 0.00370. The third-order valence-electron chi connectivity index (χ3n) is 4.07. The smallest absolute Gasteiger partial charge is 0.317 e. The Kier molecular flexibility index (Phi) is 5.72. The van der Waals surface area contributed by atoms with E-state index < -0.39 is 32.2 Å². The molecule has 4 atom stereocenters. The van der Waals surface area contributed by atoms with E-state index in [1.807, 2.05) is 0 Å². The first-order valence-electron chi connectivity index (χ1n) is 8.23. The number of rotatable bonds is 6. The van der Waals surface area contributed by atoms with Crippen molar-refractivity contribution in [2.45, 2.75) is 38.7 Å². The van der Waals surface area contributed by atoms with Gasteiger partial charge in [-0.1, -0.05) is 13.8 Å². The van der Waals surface area contributed by atoms with Crippen molar-refractivity contribution in [3.8, 4) is 0 Å². The molecule has 1 fully saturated rings. The second kappa shape index (κ2) is 7.87. The van der Waals surface area contributed by atoms with Crippen molar-refractivity contribution in [2.75, 3.05) is 11.9 Å². The van der Waals surface area contributed by atoms with Gasteiger partial charge in [0.25, 0.3) is 5.56 Å². The number of ether oxygens (including phenoxy) is 1. The van der Waals surface area contributed by atoms with E-state index in [1.54, 1.807) is 13.8 Å². The number of anilines is 1. The Morgan fingerprint density at radius 2 is 2.33 bits per heavy atom. The van der Waals surface area contributed by atoms with Gasteiger partial charge in [0.05, 0.1) is 19.0 Å². The second-order valence-corrected chi connectivity index (χ2v) is 7.14. The maximum absolute atomic E-state index is 12.2. The van der Waals surface area contributed by atoms with E-state index in [9.17, 15) is 19.3 Å². The van der Waals surface area contributed by atoms with Gasteiger partial charge < -0.3 is 19.3 Å². The summed E-state index contributed by atoms with van der Waals surface area (Å²) in [6.45, 7) is 3.08. The molecule has 0 bridgehead atoms. The fraction of sp³-hybridized carbons (Fsp3) is 0.571. The topological polar surface area (TPSA) is 169 Å². The predicted octanol–water partition coefficient (Wildman–Crippen LogP) is -0.239. The normalized spacial score (nSPS) is 23.8. The van der Waals surface area contributed by atoms with E-state index in [4.69, 9.17) is 14.2 Å². The number of aliphatic hydroxyl groups excluding tert-OH is 1. The molecule has 0 saturated carbocycles. The van der Waals surface area contributed by atoms with Crippen LogP contribution in [-0.2, 0) is 18.6 Å². The minimum Gasteiger partial charge on any atom is -0.394 e. The second-order valence-electron chi connectivity index (χ2n) is 6.37. The monoisotopic (exact) mass is 401 g/mol. The lowest BCUT2D eigenvalue weighted by molar-refractivity contribution is -0.118.